The summed E-state index contributed by atoms with van der Waals surface area (Å²) in [5.41, 5.74) is -0.102. The fourth-order valence-electron chi connectivity index (χ4n) is 1.92. The molecule has 1 aliphatic heterocycles. The molecule has 1 aliphatic rings. The van der Waals surface area contributed by atoms with Gasteiger partial charge in [0.2, 0.25) is 5.88 Å². The maximum absolute atomic E-state index is 5.75. The Balaban J connectivity index is 2.10. The molecule has 0 saturated carbocycles. The third-order valence-corrected chi connectivity index (χ3v) is 3.07. The smallest absolute Gasteiger partial charge is 0.218 e. The lowest BCUT2D eigenvalue weighted by Gasteiger charge is -2.19. The van der Waals surface area contributed by atoms with E-state index in [1.165, 1.54) is 0 Å². The van der Waals surface area contributed by atoms with Crippen molar-refractivity contribution in [3.05, 3.63) is 11.9 Å². The summed E-state index contributed by atoms with van der Waals surface area (Å²) >= 11 is 0. The molecule has 1 saturated heterocycles. The fraction of sp³-hybridized carbons (Fsp3) is 0.714. The summed E-state index contributed by atoms with van der Waals surface area (Å²) in [4.78, 5) is 8.95. The average Bonchev–Trinajstić information content (AvgIpc) is 2.88. The minimum atomic E-state index is -0.102. The Labute approximate surface area is 114 Å². The molecule has 5 nitrogen and oxygen atoms in total. The first-order chi connectivity index (χ1) is 8.99. The van der Waals surface area contributed by atoms with Gasteiger partial charge < -0.3 is 14.8 Å². The zero-order valence-electron chi connectivity index (χ0n) is 12.2. The average molecular weight is 265 g/mol. The van der Waals surface area contributed by atoms with Gasteiger partial charge in [-0.05, 0) is 12.8 Å². The highest BCUT2D eigenvalue weighted by Gasteiger charge is 2.21. The molecule has 0 aliphatic carbocycles. The number of nitrogens with zero attached hydrogens (tertiary/aromatic N) is 2. The molecule has 106 valence electrons. The van der Waals surface area contributed by atoms with Crippen LogP contribution in [0.2, 0.25) is 0 Å². The molecule has 1 fully saturated rings. The van der Waals surface area contributed by atoms with E-state index in [-0.39, 0.29) is 11.5 Å². The van der Waals surface area contributed by atoms with Crippen LogP contribution in [-0.2, 0) is 10.2 Å². The first-order valence-electron chi connectivity index (χ1n) is 6.81. The van der Waals surface area contributed by atoms with E-state index in [0.29, 0.717) is 12.5 Å². The summed E-state index contributed by atoms with van der Waals surface area (Å²) in [6.45, 7) is 7.67. The zero-order chi connectivity index (χ0) is 13.9. The number of aromatic nitrogens is 2. The molecular formula is C14H23N3O2. The molecule has 0 radical (unpaired) electrons. The van der Waals surface area contributed by atoms with Crippen molar-refractivity contribution < 1.29 is 9.47 Å². The van der Waals surface area contributed by atoms with Crippen molar-refractivity contribution in [1.29, 1.82) is 0 Å². The van der Waals surface area contributed by atoms with Crippen LogP contribution < -0.4 is 10.1 Å². The van der Waals surface area contributed by atoms with Crippen LogP contribution in [-0.4, -0.2) is 36.3 Å². The molecule has 0 spiro atoms. The topological polar surface area (TPSA) is 56.3 Å². The van der Waals surface area contributed by atoms with Gasteiger partial charge in [0.1, 0.15) is 18.2 Å². The first-order valence-corrected chi connectivity index (χ1v) is 6.81. The summed E-state index contributed by atoms with van der Waals surface area (Å²) in [7, 11) is 1.85. The standard InChI is InChI=1S/C14H23N3O2/c1-14(2,3)13-16-11(15-4)8-12(17-13)19-9-10-6-5-7-18-10/h8,10H,5-7,9H2,1-4H3,(H,15,16,17). The predicted octanol–water partition coefficient (Wildman–Crippen LogP) is 2.37. The number of hydrogen-bond donors (Lipinski definition) is 1. The van der Waals surface area contributed by atoms with Crippen LogP contribution in [0.4, 0.5) is 5.82 Å². The van der Waals surface area contributed by atoms with E-state index in [9.17, 15) is 0 Å². The molecule has 2 rings (SSSR count). The van der Waals surface area contributed by atoms with Crippen molar-refractivity contribution in [3.8, 4) is 5.88 Å². The van der Waals surface area contributed by atoms with Crippen molar-refractivity contribution in [2.45, 2.75) is 45.1 Å². The quantitative estimate of drug-likeness (QED) is 0.905. The van der Waals surface area contributed by atoms with Crippen LogP contribution in [0.25, 0.3) is 0 Å². The largest absolute Gasteiger partial charge is 0.475 e. The normalized spacial score (nSPS) is 19.5. The van der Waals surface area contributed by atoms with Gasteiger partial charge in [-0.2, -0.15) is 4.98 Å². The third kappa shape index (κ3) is 3.80. The van der Waals surface area contributed by atoms with Crippen LogP contribution in [0.3, 0.4) is 0 Å². The van der Waals surface area contributed by atoms with Crippen LogP contribution in [0.5, 0.6) is 5.88 Å². The Morgan fingerprint density at radius 3 is 2.79 bits per heavy atom. The number of nitrogens with one attached hydrogen (secondary N) is 1. The Morgan fingerprint density at radius 1 is 1.42 bits per heavy atom. The van der Waals surface area contributed by atoms with Gasteiger partial charge in [0.15, 0.2) is 0 Å². The van der Waals surface area contributed by atoms with E-state index in [1.807, 2.05) is 13.1 Å². The molecule has 1 atom stereocenters. The number of rotatable bonds is 4. The van der Waals surface area contributed by atoms with Crippen LogP contribution >= 0.6 is 0 Å². The van der Waals surface area contributed by atoms with Crippen molar-refractivity contribution in [1.82, 2.24) is 9.97 Å². The summed E-state index contributed by atoms with van der Waals surface area (Å²) in [5.74, 6) is 2.17. The molecule has 0 aromatic carbocycles. The SMILES string of the molecule is CNc1cc(OCC2CCCO2)nc(C(C)(C)C)n1. The van der Waals surface area contributed by atoms with E-state index >= 15 is 0 Å². The lowest BCUT2D eigenvalue weighted by atomic mass is 9.96. The summed E-state index contributed by atoms with van der Waals surface area (Å²) in [5, 5.41) is 3.05. The van der Waals surface area contributed by atoms with Gasteiger partial charge in [-0.15, -0.1) is 0 Å². The van der Waals surface area contributed by atoms with Crippen LogP contribution in [0, 0.1) is 0 Å². The van der Waals surface area contributed by atoms with E-state index in [4.69, 9.17) is 9.47 Å². The van der Waals surface area contributed by atoms with Gasteiger partial charge in [0.25, 0.3) is 0 Å². The molecule has 2 heterocycles. The highest BCUT2D eigenvalue weighted by Crippen LogP contribution is 2.23. The van der Waals surface area contributed by atoms with Gasteiger partial charge in [-0.25, -0.2) is 4.98 Å². The lowest BCUT2D eigenvalue weighted by molar-refractivity contribution is 0.0661. The van der Waals surface area contributed by atoms with Gasteiger partial charge in [0.05, 0.1) is 6.10 Å². The Morgan fingerprint density at radius 2 is 2.21 bits per heavy atom. The molecule has 0 amide bonds. The molecule has 0 bridgehead atoms. The van der Waals surface area contributed by atoms with Crippen LogP contribution in [0.15, 0.2) is 6.07 Å². The zero-order valence-corrected chi connectivity index (χ0v) is 12.2. The van der Waals surface area contributed by atoms with E-state index < -0.39 is 0 Å². The number of ether oxygens (including phenoxy) is 2. The molecule has 1 aromatic rings. The molecule has 5 heteroatoms. The summed E-state index contributed by atoms with van der Waals surface area (Å²) in [6, 6.07) is 1.82. The van der Waals surface area contributed by atoms with Crippen molar-refractivity contribution >= 4 is 5.82 Å². The second kappa shape index (κ2) is 5.74. The number of anilines is 1. The van der Waals surface area contributed by atoms with Gasteiger partial charge >= 0.3 is 0 Å². The highest BCUT2D eigenvalue weighted by atomic mass is 16.5. The second-order valence-corrected chi connectivity index (χ2v) is 5.86. The molecule has 19 heavy (non-hydrogen) atoms. The lowest BCUT2D eigenvalue weighted by Crippen LogP contribution is -2.20. The van der Waals surface area contributed by atoms with Gasteiger partial charge in [0, 0.05) is 25.1 Å². The summed E-state index contributed by atoms with van der Waals surface area (Å²) in [6.07, 6.45) is 2.38. The monoisotopic (exact) mass is 265 g/mol. The first kappa shape index (κ1) is 14.1. The maximum atomic E-state index is 5.75. The third-order valence-electron chi connectivity index (χ3n) is 3.07. The minimum absolute atomic E-state index is 0.102. The Bertz CT molecular complexity index is 423. The molecule has 1 N–H and O–H groups in total. The van der Waals surface area contributed by atoms with E-state index in [2.05, 4.69) is 36.1 Å². The molecule has 1 unspecified atom stereocenters. The van der Waals surface area contributed by atoms with E-state index in [1.54, 1.807) is 0 Å². The molecule has 1 aromatic heterocycles. The van der Waals surface area contributed by atoms with Gasteiger partial charge in [-0.3, -0.25) is 0 Å². The predicted molar refractivity (Wildman–Crippen MR) is 74.7 cm³/mol. The van der Waals surface area contributed by atoms with Crippen LogP contribution in [0.1, 0.15) is 39.4 Å². The molecular weight excluding hydrogens is 242 g/mol. The summed E-state index contributed by atoms with van der Waals surface area (Å²) < 4.78 is 11.3. The second-order valence-electron chi connectivity index (χ2n) is 5.86. The number of hydrogen-bond acceptors (Lipinski definition) is 5. The van der Waals surface area contributed by atoms with Crippen molar-refractivity contribution in [3.63, 3.8) is 0 Å². The van der Waals surface area contributed by atoms with Gasteiger partial charge in [-0.1, -0.05) is 20.8 Å². The van der Waals surface area contributed by atoms with Crippen molar-refractivity contribution in [2.24, 2.45) is 0 Å². The highest BCUT2D eigenvalue weighted by molar-refractivity contribution is 5.38. The maximum Gasteiger partial charge on any atom is 0.218 e. The minimum Gasteiger partial charge on any atom is -0.475 e. The van der Waals surface area contributed by atoms with Crippen molar-refractivity contribution in [2.75, 3.05) is 25.6 Å². The fourth-order valence-corrected chi connectivity index (χ4v) is 1.92. The Kier molecular flexibility index (Phi) is 4.24. The Hall–Kier alpha value is -1.36. The van der Waals surface area contributed by atoms with E-state index in [0.717, 1.165) is 31.1 Å².